The lowest BCUT2D eigenvalue weighted by Gasteiger charge is -2.27. The molecule has 0 saturated carbocycles. The number of sulfonamides is 1. The van der Waals surface area contributed by atoms with Gasteiger partial charge in [0, 0.05) is 23.3 Å². The summed E-state index contributed by atoms with van der Waals surface area (Å²) in [5, 5.41) is 0.480. The van der Waals surface area contributed by atoms with E-state index in [-0.39, 0.29) is 25.0 Å². The Hall–Kier alpha value is -1.89. The van der Waals surface area contributed by atoms with Crippen LogP contribution in [0.4, 0.5) is 5.69 Å². The van der Waals surface area contributed by atoms with Crippen molar-refractivity contribution in [3.05, 3.63) is 64.7 Å². The maximum Gasteiger partial charge on any atom is 0.242 e. The van der Waals surface area contributed by atoms with Gasteiger partial charge in [0.2, 0.25) is 15.9 Å². The average Bonchev–Trinajstić information content (AvgIpc) is 2.91. The fourth-order valence-corrected chi connectivity index (χ4v) is 4.19. The quantitative estimate of drug-likeness (QED) is 0.785. The molecule has 0 spiro atoms. The molecule has 1 heterocycles. The highest BCUT2D eigenvalue weighted by molar-refractivity contribution is 7.88. The third-order valence-corrected chi connectivity index (χ3v) is 6.13. The smallest absolute Gasteiger partial charge is 0.242 e. The lowest BCUT2D eigenvalue weighted by Crippen LogP contribution is -2.44. The predicted octanol–water partition coefficient (Wildman–Crippen LogP) is 3.08. The van der Waals surface area contributed by atoms with Crippen LogP contribution in [-0.2, 0) is 27.8 Å². The van der Waals surface area contributed by atoms with Crippen LogP contribution in [0.2, 0.25) is 5.02 Å². The van der Waals surface area contributed by atoms with Crippen molar-refractivity contribution in [1.82, 2.24) is 4.31 Å². The molecular weight excluding hydrogens is 372 g/mol. The summed E-state index contributed by atoms with van der Waals surface area (Å²) in [6.07, 6.45) is 1.88. The zero-order valence-electron chi connectivity index (χ0n) is 14.7. The number of carbonyl (C=O) groups is 1. The molecular formula is C19H21ClN2O3S. The molecule has 0 aromatic heterocycles. The second-order valence-corrected chi connectivity index (χ2v) is 8.96. The van der Waals surface area contributed by atoms with Crippen molar-refractivity contribution in [2.45, 2.75) is 25.9 Å². The first-order chi connectivity index (χ1) is 12.3. The maximum absolute atomic E-state index is 12.9. The third kappa shape index (κ3) is 3.92. The van der Waals surface area contributed by atoms with E-state index in [0.717, 1.165) is 23.9 Å². The summed E-state index contributed by atoms with van der Waals surface area (Å²) in [6, 6.07) is 14.8. The summed E-state index contributed by atoms with van der Waals surface area (Å²) < 4.78 is 25.6. The minimum atomic E-state index is -3.57. The van der Waals surface area contributed by atoms with Crippen molar-refractivity contribution in [2.24, 2.45) is 0 Å². The SMILES string of the molecule is CC1Cc2ccccc2N1C(=O)CN(Cc1ccccc1Cl)S(C)(=O)=O. The van der Waals surface area contributed by atoms with E-state index in [1.807, 2.05) is 31.2 Å². The van der Waals surface area contributed by atoms with Crippen LogP contribution >= 0.6 is 11.6 Å². The Morgan fingerprint density at radius 2 is 1.85 bits per heavy atom. The summed E-state index contributed by atoms with van der Waals surface area (Å²) in [7, 11) is -3.57. The lowest BCUT2D eigenvalue weighted by atomic mass is 10.1. The number of carbonyl (C=O) groups excluding carboxylic acids is 1. The maximum atomic E-state index is 12.9. The van der Waals surface area contributed by atoms with E-state index >= 15 is 0 Å². The highest BCUT2D eigenvalue weighted by Crippen LogP contribution is 2.32. The van der Waals surface area contributed by atoms with Crippen LogP contribution in [-0.4, -0.2) is 37.5 Å². The van der Waals surface area contributed by atoms with Gasteiger partial charge in [-0.25, -0.2) is 8.42 Å². The zero-order valence-corrected chi connectivity index (χ0v) is 16.3. The monoisotopic (exact) mass is 392 g/mol. The molecule has 0 saturated heterocycles. The minimum absolute atomic E-state index is 0.00150. The van der Waals surface area contributed by atoms with Crippen LogP contribution in [0.15, 0.2) is 48.5 Å². The number of rotatable bonds is 5. The molecule has 5 nitrogen and oxygen atoms in total. The summed E-state index contributed by atoms with van der Waals surface area (Å²) in [6.45, 7) is 1.81. The molecule has 1 aliphatic rings. The second-order valence-electron chi connectivity index (χ2n) is 6.57. The van der Waals surface area contributed by atoms with E-state index in [9.17, 15) is 13.2 Å². The Balaban J connectivity index is 1.84. The van der Waals surface area contributed by atoms with Gasteiger partial charge in [0.05, 0.1) is 12.8 Å². The molecule has 0 aliphatic carbocycles. The van der Waals surface area contributed by atoms with E-state index < -0.39 is 10.0 Å². The van der Waals surface area contributed by atoms with Gasteiger partial charge < -0.3 is 4.90 Å². The number of amides is 1. The van der Waals surface area contributed by atoms with Crippen molar-refractivity contribution in [2.75, 3.05) is 17.7 Å². The molecule has 0 radical (unpaired) electrons. The third-order valence-electron chi connectivity index (χ3n) is 4.56. The first kappa shape index (κ1) is 18.9. The highest BCUT2D eigenvalue weighted by Gasteiger charge is 2.33. The molecule has 1 atom stereocenters. The molecule has 0 N–H and O–H groups in total. The number of anilines is 1. The van der Waals surface area contributed by atoms with Gasteiger partial charge in [-0.2, -0.15) is 4.31 Å². The Kier molecular flexibility index (Phi) is 5.37. The van der Waals surface area contributed by atoms with Crippen LogP contribution in [0.5, 0.6) is 0 Å². The van der Waals surface area contributed by atoms with Crippen LogP contribution in [0.25, 0.3) is 0 Å². The first-order valence-corrected chi connectivity index (χ1v) is 10.6. The Morgan fingerprint density at radius 1 is 1.19 bits per heavy atom. The van der Waals surface area contributed by atoms with Gasteiger partial charge in [0.1, 0.15) is 0 Å². The summed E-state index contributed by atoms with van der Waals surface area (Å²) in [5.41, 5.74) is 2.63. The average molecular weight is 393 g/mol. The number of nitrogens with zero attached hydrogens (tertiary/aromatic N) is 2. The predicted molar refractivity (Wildman–Crippen MR) is 104 cm³/mol. The molecule has 1 amide bonds. The van der Waals surface area contributed by atoms with Crippen molar-refractivity contribution in [1.29, 1.82) is 0 Å². The molecule has 1 aliphatic heterocycles. The van der Waals surface area contributed by atoms with Crippen molar-refractivity contribution in [3.63, 3.8) is 0 Å². The lowest BCUT2D eigenvalue weighted by molar-refractivity contribution is -0.119. The van der Waals surface area contributed by atoms with Gasteiger partial charge >= 0.3 is 0 Å². The largest absolute Gasteiger partial charge is 0.308 e. The van der Waals surface area contributed by atoms with Gasteiger partial charge in [0.25, 0.3) is 0 Å². The standard InChI is InChI=1S/C19H21ClN2O3S/c1-14-11-15-7-4-6-10-18(15)22(14)19(23)13-21(26(2,24)25)12-16-8-3-5-9-17(16)20/h3-10,14H,11-13H2,1-2H3. The van der Waals surface area contributed by atoms with Crippen molar-refractivity contribution in [3.8, 4) is 0 Å². The fraction of sp³-hybridized carbons (Fsp3) is 0.316. The molecule has 7 heteroatoms. The van der Waals surface area contributed by atoms with E-state index in [1.165, 1.54) is 4.31 Å². The number of para-hydroxylation sites is 1. The molecule has 0 bridgehead atoms. The Bertz CT molecular complexity index is 930. The summed E-state index contributed by atoms with van der Waals surface area (Å²) >= 11 is 6.16. The highest BCUT2D eigenvalue weighted by atomic mass is 35.5. The molecule has 26 heavy (non-hydrogen) atoms. The van der Waals surface area contributed by atoms with Gasteiger partial charge in [-0.3, -0.25) is 4.79 Å². The molecule has 0 fully saturated rings. The zero-order chi connectivity index (χ0) is 18.9. The van der Waals surface area contributed by atoms with Crippen LogP contribution in [0.1, 0.15) is 18.1 Å². The fourth-order valence-electron chi connectivity index (χ4n) is 3.28. The van der Waals surface area contributed by atoms with E-state index in [0.29, 0.717) is 10.6 Å². The van der Waals surface area contributed by atoms with Crippen LogP contribution < -0.4 is 4.90 Å². The molecule has 1 unspecified atom stereocenters. The summed E-state index contributed by atoms with van der Waals surface area (Å²) in [5.74, 6) is -0.236. The van der Waals surface area contributed by atoms with Crippen molar-refractivity contribution < 1.29 is 13.2 Å². The summed E-state index contributed by atoms with van der Waals surface area (Å²) in [4.78, 5) is 14.6. The van der Waals surface area contributed by atoms with E-state index in [4.69, 9.17) is 11.6 Å². The molecule has 138 valence electrons. The molecule has 2 aromatic rings. The van der Waals surface area contributed by atoms with Crippen LogP contribution in [0.3, 0.4) is 0 Å². The Morgan fingerprint density at radius 3 is 2.54 bits per heavy atom. The number of benzene rings is 2. The van der Waals surface area contributed by atoms with Crippen LogP contribution in [0, 0.1) is 0 Å². The normalized spacial score (nSPS) is 16.8. The van der Waals surface area contributed by atoms with Gasteiger partial charge in [-0.05, 0) is 36.6 Å². The van der Waals surface area contributed by atoms with E-state index in [2.05, 4.69) is 0 Å². The number of fused-ring (bicyclic) bond motifs is 1. The van der Waals surface area contributed by atoms with E-state index in [1.54, 1.807) is 29.2 Å². The minimum Gasteiger partial charge on any atom is -0.308 e. The van der Waals surface area contributed by atoms with Gasteiger partial charge in [0.15, 0.2) is 0 Å². The first-order valence-electron chi connectivity index (χ1n) is 8.36. The molecule has 3 rings (SSSR count). The van der Waals surface area contributed by atoms with Gasteiger partial charge in [-0.1, -0.05) is 48.0 Å². The number of hydrogen-bond donors (Lipinski definition) is 0. The van der Waals surface area contributed by atoms with Gasteiger partial charge in [-0.15, -0.1) is 0 Å². The Labute approximate surface area is 159 Å². The molecule has 2 aromatic carbocycles. The van der Waals surface area contributed by atoms with Crippen molar-refractivity contribution >= 4 is 33.2 Å². The topological polar surface area (TPSA) is 57.7 Å². The number of hydrogen-bond acceptors (Lipinski definition) is 3. The number of halogens is 1. The second kappa shape index (κ2) is 7.39.